The molecule has 0 aromatic heterocycles. The summed E-state index contributed by atoms with van der Waals surface area (Å²) in [5, 5.41) is 9.74. The highest BCUT2D eigenvalue weighted by Gasteiger charge is 2.31. The van der Waals surface area contributed by atoms with Crippen LogP contribution in [0.15, 0.2) is 0 Å². The number of rotatable bonds is 2. The van der Waals surface area contributed by atoms with Crippen molar-refractivity contribution in [1.29, 1.82) is 0 Å². The minimum atomic E-state index is -0.195. The summed E-state index contributed by atoms with van der Waals surface area (Å²) in [6, 6.07) is 0.758. The molecule has 2 fully saturated rings. The van der Waals surface area contributed by atoms with Gasteiger partial charge in [0.05, 0.1) is 12.6 Å². The van der Waals surface area contributed by atoms with Gasteiger partial charge < -0.3 is 10.0 Å². The van der Waals surface area contributed by atoms with Crippen molar-refractivity contribution in [1.82, 2.24) is 9.80 Å². The van der Waals surface area contributed by atoms with Gasteiger partial charge in [-0.3, -0.25) is 9.69 Å². The normalized spacial score (nSPS) is 37.4. The average molecular weight is 268 g/mol. The molecule has 0 aromatic carbocycles. The number of amides is 1. The van der Waals surface area contributed by atoms with Crippen LogP contribution in [0.3, 0.4) is 0 Å². The van der Waals surface area contributed by atoms with Crippen molar-refractivity contribution in [2.75, 3.05) is 19.6 Å². The van der Waals surface area contributed by atoms with Crippen LogP contribution in [-0.4, -0.2) is 58.6 Å². The zero-order valence-electron chi connectivity index (χ0n) is 12.5. The van der Waals surface area contributed by atoms with E-state index in [0.717, 1.165) is 32.4 Å². The zero-order valence-corrected chi connectivity index (χ0v) is 12.5. The summed E-state index contributed by atoms with van der Waals surface area (Å²) in [4.78, 5) is 16.8. The first-order chi connectivity index (χ1) is 8.99. The molecule has 110 valence electrons. The molecule has 0 spiro atoms. The molecule has 2 aliphatic rings. The summed E-state index contributed by atoms with van der Waals surface area (Å²) in [5.74, 6) is 0.543. The van der Waals surface area contributed by atoms with Crippen LogP contribution in [-0.2, 0) is 4.79 Å². The molecule has 0 aromatic rings. The lowest BCUT2D eigenvalue weighted by atomic mass is 9.95. The molecule has 0 aliphatic carbocycles. The minimum absolute atomic E-state index is 0.195. The number of aliphatic hydroxyl groups excluding tert-OH is 1. The number of nitrogens with zero attached hydrogens (tertiary/aromatic N) is 2. The number of carbonyl (C=O) groups excluding carboxylic acids is 1. The van der Waals surface area contributed by atoms with Crippen LogP contribution in [0.1, 0.15) is 46.5 Å². The van der Waals surface area contributed by atoms with Crippen molar-refractivity contribution >= 4 is 5.91 Å². The Bertz CT molecular complexity index is 311. The third-order valence-electron chi connectivity index (χ3n) is 4.78. The molecule has 2 heterocycles. The fourth-order valence-electron chi connectivity index (χ4n) is 3.55. The van der Waals surface area contributed by atoms with Crippen LogP contribution in [0.5, 0.6) is 0 Å². The Morgan fingerprint density at radius 1 is 1.16 bits per heavy atom. The second-order valence-corrected chi connectivity index (χ2v) is 6.50. The number of carbonyl (C=O) groups is 1. The van der Waals surface area contributed by atoms with Gasteiger partial charge in [0, 0.05) is 25.2 Å². The van der Waals surface area contributed by atoms with E-state index in [9.17, 15) is 9.90 Å². The quantitative estimate of drug-likeness (QED) is 0.825. The van der Waals surface area contributed by atoms with Crippen molar-refractivity contribution in [3.8, 4) is 0 Å². The Labute approximate surface area is 116 Å². The number of likely N-dealkylation sites (tertiary alicyclic amines) is 2. The van der Waals surface area contributed by atoms with E-state index in [4.69, 9.17) is 0 Å². The Balaban J connectivity index is 1.89. The topological polar surface area (TPSA) is 43.8 Å². The monoisotopic (exact) mass is 268 g/mol. The van der Waals surface area contributed by atoms with E-state index in [1.54, 1.807) is 0 Å². The van der Waals surface area contributed by atoms with Crippen LogP contribution in [0, 0.1) is 5.92 Å². The summed E-state index contributed by atoms with van der Waals surface area (Å²) in [6.07, 6.45) is 4.09. The molecule has 1 N–H and O–H groups in total. The summed E-state index contributed by atoms with van der Waals surface area (Å²) in [7, 11) is 0. The average Bonchev–Trinajstić information content (AvgIpc) is 2.33. The van der Waals surface area contributed by atoms with Crippen LogP contribution in [0.25, 0.3) is 0 Å². The van der Waals surface area contributed by atoms with Gasteiger partial charge in [-0.15, -0.1) is 0 Å². The predicted molar refractivity (Wildman–Crippen MR) is 75.8 cm³/mol. The largest absolute Gasteiger partial charge is 0.393 e. The maximum Gasteiger partial charge on any atom is 0.237 e. The molecule has 2 rings (SSSR count). The van der Waals surface area contributed by atoms with E-state index in [1.807, 2.05) is 0 Å². The molecule has 4 atom stereocenters. The highest BCUT2D eigenvalue weighted by Crippen LogP contribution is 2.23. The minimum Gasteiger partial charge on any atom is -0.393 e. The van der Waals surface area contributed by atoms with E-state index < -0.39 is 0 Å². The first-order valence-electron chi connectivity index (χ1n) is 7.70. The van der Waals surface area contributed by atoms with Gasteiger partial charge in [-0.1, -0.05) is 6.92 Å². The van der Waals surface area contributed by atoms with Crippen LogP contribution in [0.4, 0.5) is 0 Å². The SMILES string of the molecule is CC1CN(CC(=O)N2C(C)CCCC2C)CCC1O. The zero-order chi connectivity index (χ0) is 14.0. The Hall–Kier alpha value is -0.610. The molecule has 4 heteroatoms. The number of hydrogen-bond donors (Lipinski definition) is 1. The summed E-state index contributed by atoms with van der Waals surface area (Å²) < 4.78 is 0. The van der Waals surface area contributed by atoms with Gasteiger partial charge in [-0.05, 0) is 45.4 Å². The predicted octanol–water partition coefficient (Wildman–Crippen LogP) is 1.48. The first-order valence-corrected chi connectivity index (χ1v) is 7.70. The molecular formula is C15H28N2O2. The Morgan fingerprint density at radius 3 is 2.37 bits per heavy atom. The smallest absolute Gasteiger partial charge is 0.237 e. The maximum atomic E-state index is 12.5. The number of piperidine rings is 2. The van der Waals surface area contributed by atoms with Crippen molar-refractivity contribution < 1.29 is 9.90 Å². The highest BCUT2D eigenvalue weighted by molar-refractivity contribution is 5.79. The van der Waals surface area contributed by atoms with Crippen molar-refractivity contribution in [2.45, 2.75) is 64.6 Å². The van der Waals surface area contributed by atoms with E-state index in [-0.39, 0.29) is 17.9 Å². The van der Waals surface area contributed by atoms with E-state index >= 15 is 0 Å². The summed E-state index contributed by atoms with van der Waals surface area (Å²) in [6.45, 7) is 8.59. The molecule has 0 bridgehead atoms. The van der Waals surface area contributed by atoms with E-state index in [0.29, 0.717) is 18.6 Å². The lowest BCUT2D eigenvalue weighted by molar-refractivity contribution is -0.139. The Morgan fingerprint density at radius 2 is 1.79 bits per heavy atom. The van der Waals surface area contributed by atoms with Crippen molar-refractivity contribution in [3.63, 3.8) is 0 Å². The molecule has 2 saturated heterocycles. The third-order valence-corrected chi connectivity index (χ3v) is 4.78. The lowest BCUT2D eigenvalue weighted by Crippen LogP contribution is -2.53. The molecule has 4 nitrogen and oxygen atoms in total. The molecule has 4 unspecified atom stereocenters. The number of hydrogen-bond acceptors (Lipinski definition) is 3. The van der Waals surface area contributed by atoms with E-state index in [2.05, 4.69) is 30.6 Å². The molecule has 19 heavy (non-hydrogen) atoms. The fourth-order valence-corrected chi connectivity index (χ4v) is 3.55. The number of aliphatic hydroxyl groups is 1. The van der Waals surface area contributed by atoms with Crippen molar-refractivity contribution in [3.05, 3.63) is 0 Å². The molecule has 0 saturated carbocycles. The second-order valence-electron chi connectivity index (χ2n) is 6.50. The van der Waals surface area contributed by atoms with Gasteiger partial charge in [-0.25, -0.2) is 0 Å². The van der Waals surface area contributed by atoms with Gasteiger partial charge in [-0.2, -0.15) is 0 Å². The van der Waals surface area contributed by atoms with Crippen molar-refractivity contribution in [2.24, 2.45) is 5.92 Å². The fraction of sp³-hybridized carbons (Fsp3) is 0.933. The standard InChI is InChI=1S/C15H28N2O2/c1-11-9-16(8-7-14(11)18)10-15(19)17-12(2)5-4-6-13(17)3/h11-14,18H,4-10H2,1-3H3. The van der Waals surface area contributed by atoms with Gasteiger partial charge in [0.15, 0.2) is 0 Å². The van der Waals surface area contributed by atoms with E-state index in [1.165, 1.54) is 6.42 Å². The summed E-state index contributed by atoms with van der Waals surface area (Å²) >= 11 is 0. The van der Waals surface area contributed by atoms with Gasteiger partial charge in [0.2, 0.25) is 5.91 Å². The molecule has 0 radical (unpaired) electrons. The van der Waals surface area contributed by atoms with Gasteiger partial charge >= 0.3 is 0 Å². The van der Waals surface area contributed by atoms with Gasteiger partial charge in [0.25, 0.3) is 0 Å². The maximum absolute atomic E-state index is 12.5. The van der Waals surface area contributed by atoms with Crippen LogP contribution >= 0.6 is 0 Å². The highest BCUT2D eigenvalue weighted by atomic mass is 16.3. The van der Waals surface area contributed by atoms with Gasteiger partial charge in [0.1, 0.15) is 0 Å². The molecule has 1 amide bonds. The first kappa shape index (κ1) is 14.8. The Kier molecular flexibility index (Phi) is 4.85. The molecular weight excluding hydrogens is 240 g/mol. The summed E-state index contributed by atoms with van der Waals surface area (Å²) in [5.41, 5.74) is 0. The third kappa shape index (κ3) is 3.48. The molecule has 2 aliphatic heterocycles. The lowest BCUT2D eigenvalue weighted by Gasteiger charge is -2.41. The van der Waals surface area contributed by atoms with Crippen LogP contribution in [0.2, 0.25) is 0 Å². The van der Waals surface area contributed by atoms with Crippen LogP contribution < -0.4 is 0 Å². The second kappa shape index (κ2) is 6.23.